The van der Waals surface area contributed by atoms with Crippen molar-refractivity contribution in [3.05, 3.63) is 29.6 Å². The fourth-order valence-electron chi connectivity index (χ4n) is 1.69. The zero-order valence-corrected chi connectivity index (χ0v) is 12.1. The van der Waals surface area contributed by atoms with Gasteiger partial charge in [0.15, 0.2) is 0 Å². The van der Waals surface area contributed by atoms with Gasteiger partial charge in [0, 0.05) is 29.8 Å². The Labute approximate surface area is 116 Å². The van der Waals surface area contributed by atoms with Crippen LogP contribution in [-0.4, -0.2) is 23.5 Å². The van der Waals surface area contributed by atoms with Crippen LogP contribution in [0.5, 0.6) is 0 Å². The number of rotatable bonds is 6. The zero-order chi connectivity index (χ0) is 14.5. The molecule has 0 aliphatic heterocycles. The van der Waals surface area contributed by atoms with Crippen LogP contribution in [0.2, 0.25) is 0 Å². The molecule has 1 heterocycles. The normalized spacial score (nSPS) is 13.8. The molecule has 1 aromatic rings. The van der Waals surface area contributed by atoms with E-state index in [1.165, 1.54) is 12.4 Å². The van der Waals surface area contributed by atoms with Crippen molar-refractivity contribution in [2.75, 3.05) is 18.6 Å². The minimum absolute atomic E-state index is 0.216. The summed E-state index contributed by atoms with van der Waals surface area (Å²) in [5.74, 6) is 2.06. The molecule has 2 nitrogen and oxygen atoms in total. The Kier molecular flexibility index (Phi) is 6.13. The molecule has 19 heavy (non-hydrogen) atoms. The number of hydrogen-bond donors (Lipinski definition) is 1. The largest absolute Gasteiger partial charge is 0.416 e. The number of nitrogens with zero attached hydrogens (tertiary/aromatic N) is 1. The molecule has 0 bridgehead atoms. The quantitative estimate of drug-likeness (QED) is 0.864. The number of aromatic nitrogens is 1. The molecule has 0 saturated carbocycles. The predicted octanol–water partition coefficient (Wildman–Crippen LogP) is 3.75. The fraction of sp³-hybridized carbons (Fsp3) is 0.615. The summed E-state index contributed by atoms with van der Waals surface area (Å²) in [6.07, 6.45) is -1.85. The van der Waals surface area contributed by atoms with E-state index in [4.69, 9.17) is 0 Å². The van der Waals surface area contributed by atoms with Gasteiger partial charge in [-0.2, -0.15) is 24.9 Å². The van der Waals surface area contributed by atoms with Crippen LogP contribution in [0.4, 0.5) is 13.2 Å². The Hall–Kier alpha value is -0.750. The van der Waals surface area contributed by atoms with Gasteiger partial charge in [-0.15, -0.1) is 0 Å². The highest BCUT2D eigenvalue weighted by atomic mass is 32.2. The standard InChI is InChI=1S/C13H19F3N2S/c1-9(2)7-19-8-12(17-3)10-6-18-5-4-11(10)13(14,15)16/h4-6,9,12,17H,7-8H2,1-3H3. The Bertz CT molecular complexity index is 394. The Balaban J connectivity index is 2.86. The van der Waals surface area contributed by atoms with Crippen molar-refractivity contribution in [2.45, 2.75) is 26.1 Å². The molecule has 0 aliphatic carbocycles. The lowest BCUT2D eigenvalue weighted by molar-refractivity contribution is -0.138. The molecule has 0 spiro atoms. The van der Waals surface area contributed by atoms with E-state index in [0.29, 0.717) is 11.7 Å². The molecule has 1 atom stereocenters. The van der Waals surface area contributed by atoms with E-state index in [0.717, 1.165) is 11.8 Å². The van der Waals surface area contributed by atoms with E-state index in [1.54, 1.807) is 18.8 Å². The summed E-state index contributed by atoms with van der Waals surface area (Å²) in [5.41, 5.74) is -0.388. The molecule has 0 fully saturated rings. The summed E-state index contributed by atoms with van der Waals surface area (Å²) >= 11 is 1.65. The highest BCUT2D eigenvalue weighted by Gasteiger charge is 2.34. The number of thioether (sulfide) groups is 1. The Morgan fingerprint density at radius 1 is 1.32 bits per heavy atom. The number of hydrogen-bond acceptors (Lipinski definition) is 3. The lowest BCUT2D eigenvalue weighted by atomic mass is 10.0. The van der Waals surface area contributed by atoms with Crippen molar-refractivity contribution in [1.82, 2.24) is 10.3 Å². The summed E-state index contributed by atoms with van der Waals surface area (Å²) in [6.45, 7) is 4.18. The van der Waals surface area contributed by atoms with Crippen LogP contribution in [0.25, 0.3) is 0 Å². The lowest BCUT2D eigenvalue weighted by Crippen LogP contribution is -2.23. The van der Waals surface area contributed by atoms with Gasteiger partial charge in [0.1, 0.15) is 0 Å². The van der Waals surface area contributed by atoms with E-state index in [2.05, 4.69) is 24.1 Å². The third kappa shape index (κ3) is 5.03. The molecule has 1 unspecified atom stereocenters. The van der Waals surface area contributed by atoms with Crippen molar-refractivity contribution in [1.29, 1.82) is 0 Å². The summed E-state index contributed by atoms with van der Waals surface area (Å²) in [4.78, 5) is 3.82. The molecule has 0 aliphatic rings. The van der Waals surface area contributed by atoms with Gasteiger partial charge in [-0.3, -0.25) is 4.98 Å². The van der Waals surface area contributed by atoms with Crippen molar-refractivity contribution in [3.8, 4) is 0 Å². The second-order valence-corrected chi connectivity index (χ2v) is 5.81. The van der Waals surface area contributed by atoms with Crippen molar-refractivity contribution >= 4 is 11.8 Å². The molecule has 0 radical (unpaired) electrons. The molecular weight excluding hydrogens is 273 g/mol. The first-order chi connectivity index (χ1) is 8.86. The maximum atomic E-state index is 12.9. The predicted molar refractivity (Wildman–Crippen MR) is 73.2 cm³/mol. The van der Waals surface area contributed by atoms with E-state index >= 15 is 0 Å². The molecule has 0 amide bonds. The van der Waals surface area contributed by atoms with Crippen LogP contribution in [-0.2, 0) is 6.18 Å². The fourth-order valence-corrected chi connectivity index (χ4v) is 2.88. The van der Waals surface area contributed by atoms with E-state index in [9.17, 15) is 13.2 Å². The molecule has 6 heteroatoms. The van der Waals surface area contributed by atoms with Crippen LogP contribution in [0.1, 0.15) is 31.0 Å². The summed E-state index contributed by atoms with van der Waals surface area (Å²) in [7, 11) is 1.67. The van der Waals surface area contributed by atoms with Crippen LogP contribution < -0.4 is 5.32 Å². The van der Waals surface area contributed by atoms with Crippen LogP contribution in [0.3, 0.4) is 0 Å². The average Bonchev–Trinajstić information content (AvgIpc) is 2.33. The van der Waals surface area contributed by atoms with Gasteiger partial charge < -0.3 is 5.32 Å². The van der Waals surface area contributed by atoms with E-state index in [-0.39, 0.29) is 11.6 Å². The monoisotopic (exact) mass is 292 g/mol. The first-order valence-corrected chi connectivity index (χ1v) is 7.27. The molecule has 0 aromatic carbocycles. The highest BCUT2D eigenvalue weighted by Crippen LogP contribution is 2.34. The molecule has 0 saturated heterocycles. The third-order valence-electron chi connectivity index (χ3n) is 2.62. The van der Waals surface area contributed by atoms with Gasteiger partial charge in [0.05, 0.1) is 5.56 Å². The maximum absolute atomic E-state index is 12.9. The number of alkyl halides is 3. The molecule has 1 aromatic heterocycles. The van der Waals surface area contributed by atoms with Gasteiger partial charge in [0.25, 0.3) is 0 Å². The smallest absolute Gasteiger partial charge is 0.312 e. The minimum atomic E-state index is -4.34. The van der Waals surface area contributed by atoms with Crippen LogP contribution in [0.15, 0.2) is 18.5 Å². The molecule has 1 N–H and O–H groups in total. The van der Waals surface area contributed by atoms with Crippen LogP contribution in [0, 0.1) is 5.92 Å². The number of pyridine rings is 1. The van der Waals surface area contributed by atoms with Gasteiger partial charge in [-0.05, 0) is 24.8 Å². The molecule has 1 rings (SSSR count). The third-order valence-corrected chi connectivity index (χ3v) is 4.09. The van der Waals surface area contributed by atoms with Gasteiger partial charge in [0.2, 0.25) is 0 Å². The highest BCUT2D eigenvalue weighted by molar-refractivity contribution is 7.99. The Morgan fingerprint density at radius 3 is 2.53 bits per heavy atom. The molecule has 108 valence electrons. The lowest BCUT2D eigenvalue weighted by Gasteiger charge is -2.20. The van der Waals surface area contributed by atoms with Gasteiger partial charge >= 0.3 is 6.18 Å². The van der Waals surface area contributed by atoms with Crippen molar-refractivity contribution < 1.29 is 13.2 Å². The number of halogens is 3. The van der Waals surface area contributed by atoms with E-state index in [1.807, 2.05) is 0 Å². The van der Waals surface area contributed by atoms with Crippen molar-refractivity contribution in [3.63, 3.8) is 0 Å². The second kappa shape index (κ2) is 7.14. The van der Waals surface area contributed by atoms with Crippen molar-refractivity contribution in [2.24, 2.45) is 5.92 Å². The van der Waals surface area contributed by atoms with Crippen LogP contribution >= 0.6 is 11.8 Å². The second-order valence-electron chi connectivity index (χ2n) is 4.73. The minimum Gasteiger partial charge on any atom is -0.312 e. The SMILES string of the molecule is CNC(CSCC(C)C)c1cnccc1C(F)(F)F. The van der Waals surface area contributed by atoms with E-state index < -0.39 is 11.7 Å². The van der Waals surface area contributed by atoms with Gasteiger partial charge in [-0.25, -0.2) is 0 Å². The number of nitrogens with one attached hydrogen (secondary N) is 1. The maximum Gasteiger partial charge on any atom is 0.416 e. The van der Waals surface area contributed by atoms with Gasteiger partial charge in [-0.1, -0.05) is 13.8 Å². The summed E-state index contributed by atoms with van der Waals surface area (Å²) < 4.78 is 38.8. The Morgan fingerprint density at radius 2 is 2.00 bits per heavy atom. The molecular formula is C13H19F3N2S. The average molecular weight is 292 g/mol. The topological polar surface area (TPSA) is 24.9 Å². The first-order valence-electron chi connectivity index (χ1n) is 6.12. The first kappa shape index (κ1) is 16.3. The summed E-state index contributed by atoms with van der Waals surface area (Å²) in [6, 6.07) is 0.696. The zero-order valence-electron chi connectivity index (χ0n) is 11.3. The summed E-state index contributed by atoms with van der Waals surface area (Å²) in [5, 5.41) is 2.94.